The summed E-state index contributed by atoms with van der Waals surface area (Å²) >= 11 is 1.66. The SMILES string of the molecule is COc1ccc(C)cc1Nc1ncnc2scc(-c3ccc4c(c3)CCCC4)c12. The molecule has 0 radical (unpaired) electrons. The number of fused-ring (bicyclic) bond motifs is 2. The maximum absolute atomic E-state index is 5.54. The molecule has 0 unspecified atom stereocenters. The zero-order valence-electron chi connectivity index (χ0n) is 16.7. The molecular weight excluding hydrogens is 378 g/mol. The Balaban J connectivity index is 1.62. The second-order valence-corrected chi connectivity index (χ2v) is 8.43. The van der Waals surface area contributed by atoms with Crippen LogP contribution in [0, 0.1) is 6.92 Å². The summed E-state index contributed by atoms with van der Waals surface area (Å²) in [4.78, 5) is 10.1. The van der Waals surface area contributed by atoms with E-state index in [0.29, 0.717) is 0 Å². The smallest absolute Gasteiger partial charge is 0.143 e. The van der Waals surface area contributed by atoms with E-state index in [1.54, 1.807) is 24.8 Å². The Kier molecular flexibility index (Phi) is 4.68. The Hall–Kier alpha value is -2.92. The third kappa shape index (κ3) is 3.36. The first kappa shape index (κ1) is 18.1. The van der Waals surface area contributed by atoms with Gasteiger partial charge in [0.1, 0.15) is 22.7 Å². The minimum atomic E-state index is 0.799. The number of nitrogens with one attached hydrogen (secondary N) is 1. The van der Waals surface area contributed by atoms with Gasteiger partial charge in [-0.2, -0.15) is 0 Å². The highest BCUT2D eigenvalue weighted by Gasteiger charge is 2.17. The van der Waals surface area contributed by atoms with Gasteiger partial charge in [0.05, 0.1) is 18.2 Å². The highest BCUT2D eigenvalue weighted by molar-refractivity contribution is 7.17. The topological polar surface area (TPSA) is 47.0 Å². The number of hydrogen-bond donors (Lipinski definition) is 1. The standard InChI is InChI=1S/C24H23N3OS/c1-15-7-10-21(28-2)20(11-15)27-23-22-19(13-29-24(22)26-14-25-23)18-9-8-16-5-3-4-6-17(16)12-18/h7-14H,3-6H2,1-2H3,(H,25,26,27). The maximum atomic E-state index is 5.54. The lowest BCUT2D eigenvalue weighted by Crippen LogP contribution is -2.02. The van der Waals surface area contributed by atoms with Crippen LogP contribution in [0.5, 0.6) is 5.75 Å². The Morgan fingerprint density at radius 1 is 1.00 bits per heavy atom. The minimum Gasteiger partial charge on any atom is -0.495 e. The molecule has 0 aliphatic heterocycles. The van der Waals surface area contributed by atoms with Crippen LogP contribution in [0.25, 0.3) is 21.3 Å². The Labute approximate surface area is 174 Å². The first-order valence-corrected chi connectivity index (χ1v) is 10.9. The number of ether oxygens (including phenoxy) is 1. The molecule has 5 rings (SSSR count). The average molecular weight is 402 g/mol. The number of nitrogens with zero attached hydrogens (tertiary/aromatic N) is 2. The van der Waals surface area contributed by atoms with Crippen molar-refractivity contribution in [2.75, 3.05) is 12.4 Å². The van der Waals surface area contributed by atoms with Crippen LogP contribution in [0.3, 0.4) is 0 Å². The van der Waals surface area contributed by atoms with Crippen molar-refractivity contribution in [3.63, 3.8) is 0 Å². The van der Waals surface area contributed by atoms with Crippen LogP contribution < -0.4 is 10.1 Å². The van der Waals surface area contributed by atoms with Gasteiger partial charge in [0.15, 0.2) is 0 Å². The quantitative estimate of drug-likeness (QED) is 0.436. The van der Waals surface area contributed by atoms with Crippen LogP contribution in [0.4, 0.5) is 11.5 Å². The van der Waals surface area contributed by atoms with Crippen molar-refractivity contribution in [2.24, 2.45) is 0 Å². The maximum Gasteiger partial charge on any atom is 0.143 e. The Bertz CT molecular complexity index is 1200. The highest BCUT2D eigenvalue weighted by Crippen LogP contribution is 2.39. The van der Waals surface area contributed by atoms with Crippen LogP contribution in [0.2, 0.25) is 0 Å². The number of hydrogen-bond acceptors (Lipinski definition) is 5. The van der Waals surface area contributed by atoms with Gasteiger partial charge in [0.25, 0.3) is 0 Å². The molecule has 29 heavy (non-hydrogen) atoms. The lowest BCUT2D eigenvalue weighted by molar-refractivity contribution is 0.416. The summed E-state index contributed by atoms with van der Waals surface area (Å²) in [5.74, 6) is 1.61. The molecule has 2 aromatic heterocycles. The highest BCUT2D eigenvalue weighted by atomic mass is 32.1. The van der Waals surface area contributed by atoms with E-state index < -0.39 is 0 Å². The number of methoxy groups -OCH3 is 1. The minimum absolute atomic E-state index is 0.799. The first-order valence-electron chi connectivity index (χ1n) is 9.99. The second-order valence-electron chi connectivity index (χ2n) is 7.57. The fourth-order valence-corrected chi connectivity index (χ4v) is 5.05. The molecule has 1 N–H and O–H groups in total. The number of anilines is 2. The molecule has 1 aliphatic rings. The molecule has 0 bridgehead atoms. The fraction of sp³-hybridized carbons (Fsp3) is 0.250. The summed E-state index contributed by atoms with van der Waals surface area (Å²) < 4.78 is 5.54. The van der Waals surface area contributed by atoms with Crippen LogP contribution in [0.1, 0.15) is 29.5 Å². The zero-order chi connectivity index (χ0) is 19.8. The van der Waals surface area contributed by atoms with Crippen molar-refractivity contribution in [3.8, 4) is 16.9 Å². The molecule has 4 nitrogen and oxygen atoms in total. The zero-order valence-corrected chi connectivity index (χ0v) is 17.5. The fourth-order valence-electron chi connectivity index (χ4n) is 4.13. The number of aryl methyl sites for hydroxylation is 3. The molecule has 146 valence electrons. The van der Waals surface area contributed by atoms with Crippen LogP contribution in [-0.4, -0.2) is 17.1 Å². The lowest BCUT2D eigenvalue weighted by Gasteiger charge is -2.17. The van der Waals surface area contributed by atoms with Gasteiger partial charge in [0.2, 0.25) is 0 Å². The summed E-state index contributed by atoms with van der Waals surface area (Å²) in [6, 6.07) is 13.0. The molecule has 2 heterocycles. The van der Waals surface area contributed by atoms with Crippen LogP contribution in [-0.2, 0) is 12.8 Å². The van der Waals surface area contributed by atoms with Gasteiger partial charge in [-0.3, -0.25) is 0 Å². The third-order valence-electron chi connectivity index (χ3n) is 5.64. The normalized spacial score (nSPS) is 13.3. The van der Waals surface area contributed by atoms with E-state index in [0.717, 1.165) is 27.5 Å². The molecule has 0 atom stereocenters. The van der Waals surface area contributed by atoms with E-state index in [2.05, 4.69) is 51.9 Å². The van der Waals surface area contributed by atoms with E-state index in [-0.39, 0.29) is 0 Å². The Morgan fingerprint density at radius 2 is 1.86 bits per heavy atom. The largest absolute Gasteiger partial charge is 0.495 e. The molecule has 0 spiro atoms. The lowest BCUT2D eigenvalue weighted by atomic mass is 9.89. The van der Waals surface area contributed by atoms with Crippen LogP contribution >= 0.6 is 11.3 Å². The number of aromatic nitrogens is 2. The van der Waals surface area contributed by atoms with Crippen LogP contribution in [0.15, 0.2) is 48.1 Å². The number of rotatable bonds is 4. The molecule has 5 heteroatoms. The predicted molar refractivity (Wildman–Crippen MR) is 121 cm³/mol. The molecule has 4 aromatic rings. The van der Waals surface area contributed by atoms with Gasteiger partial charge in [-0.25, -0.2) is 9.97 Å². The first-order chi connectivity index (χ1) is 14.2. The second kappa shape index (κ2) is 7.48. The van der Waals surface area contributed by atoms with E-state index in [4.69, 9.17) is 4.74 Å². The summed E-state index contributed by atoms with van der Waals surface area (Å²) in [6.45, 7) is 2.07. The molecule has 0 amide bonds. The van der Waals surface area contributed by atoms with Crippen molar-refractivity contribution in [1.82, 2.24) is 9.97 Å². The van der Waals surface area contributed by atoms with Gasteiger partial charge in [-0.05, 0) is 67.0 Å². The molecule has 2 aromatic carbocycles. The molecule has 0 fully saturated rings. The molecule has 0 saturated heterocycles. The van der Waals surface area contributed by atoms with Crippen molar-refractivity contribution in [3.05, 3.63) is 64.8 Å². The van der Waals surface area contributed by atoms with Gasteiger partial charge in [0, 0.05) is 10.9 Å². The van der Waals surface area contributed by atoms with E-state index >= 15 is 0 Å². The van der Waals surface area contributed by atoms with Crippen molar-refractivity contribution < 1.29 is 4.74 Å². The van der Waals surface area contributed by atoms with Gasteiger partial charge < -0.3 is 10.1 Å². The summed E-state index contributed by atoms with van der Waals surface area (Å²) in [6.07, 6.45) is 6.58. The van der Waals surface area contributed by atoms with Gasteiger partial charge >= 0.3 is 0 Å². The van der Waals surface area contributed by atoms with Crippen molar-refractivity contribution in [2.45, 2.75) is 32.6 Å². The van der Waals surface area contributed by atoms with E-state index in [1.165, 1.54) is 53.5 Å². The summed E-state index contributed by atoms with van der Waals surface area (Å²) in [5, 5.41) is 6.76. The monoisotopic (exact) mass is 401 g/mol. The summed E-state index contributed by atoms with van der Waals surface area (Å²) in [5.41, 5.74) is 7.49. The average Bonchev–Trinajstić information content (AvgIpc) is 3.19. The van der Waals surface area contributed by atoms with Gasteiger partial charge in [-0.15, -0.1) is 11.3 Å². The summed E-state index contributed by atoms with van der Waals surface area (Å²) in [7, 11) is 1.69. The number of benzene rings is 2. The van der Waals surface area contributed by atoms with E-state index in [1.807, 2.05) is 12.1 Å². The third-order valence-corrected chi connectivity index (χ3v) is 6.52. The van der Waals surface area contributed by atoms with Crippen molar-refractivity contribution in [1.29, 1.82) is 0 Å². The molecule has 1 aliphatic carbocycles. The van der Waals surface area contributed by atoms with Crippen molar-refractivity contribution >= 4 is 33.1 Å². The molecular formula is C24H23N3OS. The predicted octanol–water partition coefficient (Wildman–Crippen LogP) is 6.30. The Morgan fingerprint density at radius 3 is 2.72 bits per heavy atom. The van der Waals surface area contributed by atoms with Gasteiger partial charge in [-0.1, -0.05) is 24.3 Å². The van der Waals surface area contributed by atoms with E-state index in [9.17, 15) is 0 Å². The number of thiophene rings is 1. The molecule has 0 saturated carbocycles.